The molecule has 0 spiro atoms. The Labute approximate surface area is 160 Å². The van der Waals surface area contributed by atoms with Crippen molar-refractivity contribution in [2.45, 2.75) is 11.8 Å². The molecule has 146 valence electrons. The van der Waals surface area contributed by atoms with Gasteiger partial charge in [0.25, 0.3) is 17.5 Å². The normalized spacial score (nSPS) is 19.5. The van der Waals surface area contributed by atoms with E-state index < -0.39 is 35.5 Å². The number of alkyl halides is 3. The Hall–Kier alpha value is -3.14. The summed E-state index contributed by atoms with van der Waals surface area (Å²) < 4.78 is 54.4. The van der Waals surface area contributed by atoms with Crippen molar-refractivity contribution in [1.82, 2.24) is 10.6 Å². The molecule has 0 bridgehead atoms. The van der Waals surface area contributed by atoms with Gasteiger partial charge >= 0.3 is 12.2 Å². The highest BCUT2D eigenvalue weighted by Gasteiger charge is 2.69. The van der Waals surface area contributed by atoms with Crippen molar-refractivity contribution >= 4 is 35.1 Å². The predicted molar refractivity (Wildman–Crippen MR) is 90.1 cm³/mol. The molecule has 3 rings (SSSR count). The average molecular weight is 416 g/mol. The molecule has 11 heteroatoms. The SMILES string of the molecule is O=C(NC1(C(F)(F)F)NC(=O)N(c2ccc(F)cc2)C1=O)c1ccc(Cl)cc1. The summed E-state index contributed by atoms with van der Waals surface area (Å²) in [6, 6.07) is 7.09. The first kappa shape index (κ1) is 19.6. The summed E-state index contributed by atoms with van der Waals surface area (Å²) in [5.41, 5.74) is -4.19. The van der Waals surface area contributed by atoms with E-state index in [-0.39, 0.29) is 21.2 Å². The first-order chi connectivity index (χ1) is 13.0. The summed E-state index contributed by atoms with van der Waals surface area (Å²) in [5, 5.41) is 3.29. The van der Waals surface area contributed by atoms with Crippen molar-refractivity contribution in [3.63, 3.8) is 0 Å². The van der Waals surface area contributed by atoms with Crippen molar-refractivity contribution in [3.05, 3.63) is 64.9 Å². The van der Waals surface area contributed by atoms with Crippen LogP contribution in [0.4, 0.5) is 28.0 Å². The molecule has 0 radical (unpaired) electrons. The van der Waals surface area contributed by atoms with Gasteiger partial charge in [0.05, 0.1) is 5.69 Å². The second kappa shape index (κ2) is 6.79. The van der Waals surface area contributed by atoms with Crippen LogP contribution in [0.2, 0.25) is 5.02 Å². The van der Waals surface area contributed by atoms with E-state index in [1.807, 2.05) is 0 Å². The Morgan fingerprint density at radius 1 is 1.04 bits per heavy atom. The molecule has 28 heavy (non-hydrogen) atoms. The number of rotatable bonds is 3. The second-order valence-corrected chi connectivity index (χ2v) is 6.19. The number of nitrogens with one attached hydrogen (secondary N) is 2. The van der Waals surface area contributed by atoms with Crippen molar-refractivity contribution in [1.29, 1.82) is 0 Å². The van der Waals surface area contributed by atoms with Crippen molar-refractivity contribution < 1.29 is 31.9 Å². The zero-order chi connectivity index (χ0) is 20.7. The number of urea groups is 1. The van der Waals surface area contributed by atoms with E-state index in [4.69, 9.17) is 11.6 Å². The summed E-state index contributed by atoms with van der Waals surface area (Å²) in [5.74, 6) is -3.75. The number of carbonyl (C=O) groups excluding carboxylic acids is 3. The van der Waals surface area contributed by atoms with Crippen LogP contribution in [0.5, 0.6) is 0 Å². The van der Waals surface area contributed by atoms with E-state index in [1.54, 1.807) is 5.32 Å². The maximum absolute atomic E-state index is 13.8. The Balaban J connectivity index is 1.99. The maximum Gasteiger partial charge on any atom is 0.440 e. The largest absolute Gasteiger partial charge is 0.440 e. The number of anilines is 1. The fourth-order valence-electron chi connectivity index (χ4n) is 2.55. The third-order valence-electron chi connectivity index (χ3n) is 3.94. The Kier molecular flexibility index (Phi) is 4.76. The Morgan fingerprint density at radius 3 is 2.14 bits per heavy atom. The number of hydrogen-bond acceptors (Lipinski definition) is 3. The molecule has 2 aromatic rings. The lowest BCUT2D eigenvalue weighted by Crippen LogP contribution is -2.69. The third-order valence-corrected chi connectivity index (χ3v) is 4.19. The van der Waals surface area contributed by atoms with Crippen LogP contribution in [0.15, 0.2) is 48.5 Å². The summed E-state index contributed by atoms with van der Waals surface area (Å²) in [7, 11) is 0. The molecule has 1 saturated heterocycles. The number of amides is 4. The van der Waals surface area contributed by atoms with Crippen LogP contribution in [0.25, 0.3) is 0 Å². The lowest BCUT2D eigenvalue weighted by atomic mass is 10.1. The van der Waals surface area contributed by atoms with Crippen LogP contribution in [0.1, 0.15) is 10.4 Å². The molecule has 0 aliphatic carbocycles. The van der Waals surface area contributed by atoms with Crippen LogP contribution >= 0.6 is 11.6 Å². The van der Waals surface area contributed by atoms with Crippen molar-refractivity contribution in [2.75, 3.05) is 4.90 Å². The first-order valence-corrected chi connectivity index (χ1v) is 8.00. The first-order valence-electron chi connectivity index (χ1n) is 7.62. The minimum Gasteiger partial charge on any atom is -0.314 e. The second-order valence-electron chi connectivity index (χ2n) is 5.76. The molecule has 1 fully saturated rings. The number of benzene rings is 2. The lowest BCUT2D eigenvalue weighted by molar-refractivity contribution is -0.197. The zero-order valence-electron chi connectivity index (χ0n) is 13.7. The van der Waals surface area contributed by atoms with E-state index in [2.05, 4.69) is 0 Å². The van der Waals surface area contributed by atoms with Gasteiger partial charge in [-0.1, -0.05) is 11.6 Å². The Morgan fingerprint density at radius 2 is 1.61 bits per heavy atom. The van der Waals surface area contributed by atoms with Crippen LogP contribution in [0, 0.1) is 5.82 Å². The molecule has 6 nitrogen and oxygen atoms in total. The van der Waals surface area contributed by atoms with Gasteiger partial charge in [-0.2, -0.15) is 13.2 Å². The molecule has 2 aromatic carbocycles. The molecular formula is C17H10ClF4N3O3. The highest BCUT2D eigenvalue weighted by molar-refractivity contribution is 6.30. The van der Waals surface area contributed by atoms with Gasteiger partial charge < -0.3 is 5.32 Å². The van der Waals surface area contributed by atoms with Gasteiger partial charge in [0.2, 0.25) is 0 Å². The van der Waals surface area contributed by atoms with E-state index in [1.165, 1.54) is 17.4 Å². The van der Waals surface area contributed by atoms with Crippen LogP contribution in [-0.2, 0) is 4.79 Å². The van der Waals surface area contributed by atoms with Crippen molar-refractivity contribution in [3.8, 4) is 0 Å². The summed E-state index contributed by atoms with van der Waals surface area (Å²) in [4.78, 5) is 37.2. The van der Waals surface area contributed by atoms with Crippen LogP contribution in [-0.4, -0.2) is 29.7 Å². The summed E-state index contributed by atoms with van der Waals surface area (Å²) in [6.45, 7) is 0. The topological polar surface area (TPSA) is 78.5 Å². The van der Waals surface area contributed by atoms with E-state index >= 15 is 0 Å². The fourth-order valence-corrected chi connectivity index (χ4v) is 2.67. The minimum atomic E-state index is -5.36. The smallest absolute Gasteiger partial charge is 0.314 e. The highest BCUT2D eigenvalue weighted by Crippen LogP contribution is 2.36. The number of nitrogens with zero attached hydrogens (tertiary/aromatic N) is 1. The number of hydrogen-bond donors (Lipinski definition) is 2. The van der Waals surface area contributed by atoms with E-state index in [0.29, 0.717) is 0 Å². The molecule has 0 saturated carbocycles. The predicted octanol–water partition coefficient (Wildman–Crippen LogP) is 3.22. The molecule has 1 atom stereocenters. The Bertz CT molecular complexity index is 948. The van der Waals surface area contributed by atoms with Gasteiger partial charge in [0.15, 0.2) is 0 Å². The van der Waals surface area contributed by atoms with E-state index in [0.717, 1.165) is 36.4 Å². The minimum absolute atomic E-state index is 0.176. The maximum atomic E-state index is 13.8. The highest BCUT2D eigenvalue weighted by atomic mass is 35.5. The van der Waals surface area contributed by atoms with Gasteiger partial charge in [0.1, 0.15) is 5.82 Å². The number of halogens is 5. The molecule has 1 aliphatic heterocycles. The zero-order valence-corrected chi connectivity index (χ0v) is 14.4. The molecular weight excluding hydrogens is 406 g/mol. The molecule has 1 aliphatic rings. The van der Waals surface area contributed by atoms with Gasteiger partial charge in [-0.05, 0) is 48.5 Å². The quantitative estimate of drug-likeness (QED) is 0.597. The lowest BCUT2D eigenvalue weighted by Gasteiger charge is -2.29. The molecule has 1 heterocycles. The summed E-state index contributed by atoms with van der Waals surface area (Å²) >= 11 is 5.67. The number of imide groups is 1. The van der Waals surface area contributed by atoms with Gasteiger partial charge in [0, 0.05) is 10.6 Å². The van der Waals surface area contributed by atoms with Crippen LogP contribution < -0.4 is 15.5 Å². The third kappa shape index (κ3) is 3.26. The van der Waals surface area contributed by atoms with E-state index in [9.17, 15) is 31.9 Å². The van der Waals surface area contributed by atoms with Gasteiger partial charge in [-0.25, -0.2) is 14.1 Å². The monoisotopic (exact) mass is 415 g/mol. The fraction of sp³-hybridized carbons (Fsp3) is 0.118. The molecule has 4 amide bonds. The van der Waals surface area contributed by atoms with Crippen LogP contribution in [0.3, 0.4) is 0 Å². The van der Waals surface area contributed by atoms with Gasteiger partial charge in [-0.15, -0.1) is 0 Å². The van der Waals surface area contributed by atoms with Gasteiger partial charge in [-0.3, -0.25) is 14.9 Å². The summed E-state index contributed by atoms with van der Waals surface area (Å²) in [6.07, 6.45) is -5.36. The molecule has 2 N–H and O–H groups in total. The standard InChI is InChI=1S/C17H10ClF4N3O3/c18-10-3-1-9(2-4-10)13(26)23-16(17(20,21)22)14(27)25(15(28)24-16)12-7-5-11(19)6-8-12/h1-8H,(H,23,26)(H,24,28). The number of carbonyl (C=O) groups is 3. The molecule has 0 aromatic heterocycles. The average Bonchev–Trinajstić information content (AvgIpc) is 2.87. The molecule has 1 unspecified atom stereocenters. The van der Waals surface area contributed by atoms with Crippen molar-refractivity contribution in [2.24, 2.45) is 0 Å².